The summed E-state index contributed by atoms with van der Waals surface area (Å²) >= 11 is 0. The van der Waals surface area contributed by atoms with Crippen molar-refractivity contribution < 1.29 is 28.2 Å². The number of nitrogens with zero attached hydrogens (tertiary/aromatic N) is 1. The van der Waals surface area contributed by atoms with Crippen LogP contribution in [-0.4, -0.2) is 42.8 Å². The van der Waals surface area contributed by atoms with E-state index in [0.717, 1.165) is 6.07 Å². The molecule has 0 aromatic heterocycles. The summed E-state index contributed by atoms with van der Waals surface area (Å²) in [6, 6.07) is 2.33. The Labute approximate surface area is 145 Å². The van der Waals surface area contributed by atoms with Crippen LogP contribution in [0.25, 0.3) is 5.70 Å². The van der Waals surface area contributed by atoms with E-state index >= 15 is 0 Å². The molecule has 0 unspecified atom stereocenters. The largest absolute Gasteiger partial charge is 0.497 e. The molecule has 1 aliphatic rings. The lowest BCUT2D eigenvalue weighted by Gasteiger charge is -2.31. The fourth-order valence-corrected chi connectivity index (χ4v) is 2.25. The van der Waals surface area contributed by atoms with Crippen LogP contribution >= 0.6 is 0 Å². The smallest absolute Gasteiger partial charge is 0.415 e. The zero-order valence-electron chi connectivity index (χ0n) is 14.6. The van der Waals surface area contributed by atoms with Crippen LogP contribution in [0.5, 0.6) is 0 Å². The Bertz CT molecular complexity index is 724. The van der Waals surface area contributed by atoms with Crippen LogP contribution < -0.4 is 5.73 Å². The molecular weight excluding hydrogens is 331 g/mol. The number of amides is 1. The minimum Gasteiger partial charge on any atom is -0.497 e. The van der Waals surface area contributed by atoms with Crippen molar-refractivity contribution in [1.29, 1.82) is 0 Å². The lowest BCUT2D eigenvalue weighted by Crippen LogP contribution is -2.39. The number of esters is 1. The lowest BCUT2D eigenvalue weighted by molar-refractivity contribution is 0.0296. The van der Waals surface area contributed by atoms with E-state index in [1.165, 1.54) is 24.3 Å². The molecule has 0 bridgehead atoms. The maximum absolute atomic E-state index is 14.2. The molecule has 1 aromatic carbocycles. The number of ether oxygens (including phenoxy) is 3. The van der Waals surface area contributed by atoms with E-state index in [1.54, 1.807) is 20.8 Å². The van der Waals surface area contributed by atoms with Gasteiger partial charge in [0.15, 0.2) is 0 Å². The van der Waals surface area contributed by atoms with Crippen molar-refractivity contribution in [3.8, 4) is 0 Å². The van der Waals surface area contributed by atoms with Gasteiger partial charge in [0, 0.05) is 5.56 Å². The van der Waals surface area contributed by atoms with Crippen molar-refractivity contribution in [2.45, 2.75) is 26.4 Å². The highest BCUT2D eigenvalue weighted by atomic mass is 19.1. The van der Waals surface area contributed by atoms with Crippen molar-refractivity contribution in [3.63, 3.8) is 0 Å². The van der Waals surface area contributed by atoms with Gasteiger partial charge in [-0.25, -0.2) is 14.0 Å². The molecule has 0 spiro atoms. The Balaban J connectivity index is 2.47. The number of methoxy groups -OCH3 is 1. The van der Waals surface area contributed by atoms with Gasteiger partial charge in [-0.15, -0.1) is 0 Å². The summed E-state index contributed by atoms with van der Waals surface area (Å²) in [6.07, 6.45) is 0.671. The molecule has 25 heavy (non-hydrogen) atoms. The monoisotopic (exact) mass is 352 g/mol. The Morgan fingerprint density at radius 1 is 1.32 bits per heavy atom. The number of benzene rings is 1. The number of halogens is 1. The molecule has 7 nitrogen and oxygen atoms in total. The van der Waals surface area contributed by atoms with Crippen LogP contribution in [0.15, 0.2) is 18.4 Å². The molecule has 0 fully saturated rings. The van der Waals surface area contributed by atoms with Crippen molar-refractivity contribution in [3.05, 3.63) is 35.3 Å². The predicted molar refractivity (Wildman–Crippen MR) is 89.0 cm³/mol. The zero-order valence-corrected chi connectivity index (χ0v) is 14.6. The molecule has 1 heterocycles. The maximum atomic E-state index is 14.2. The van der Waals surface area contributed by atoms with E-state index in [1.807, 2.05) is 0 Å². The van der Waals surface area contributed by atoms with Gasteiger partial charge in [0.2, 0.25) is 0 Å². The predicted octanol–water partition coefficient (Wildman–Crippen LogP) is 2.76. The van der Waals surface area contributed by atoms with Gasteiger partial charge in [0.1, 0.15) is 24.3 Å². The Morgan fingerprint density at radius 2 is 2.00 bits per heavy atom. The summed E-state index contributed by atoms with van der Waals surface area (Å²) in [5, 5.41) is 0. The first-order valence-corrected chi connectivity index (χ1v) is 7.64. The number of nitrogens with two attached hydrogens (primary N) is 1. The second-order valence-electron chi connectivity index (χ2n) is 6.42. The molecule has 1 aromatic rings. The first kappa shape index (κ1) is 18.6. The van der Waals surface area contributed by atoms with E-state index in [4.69, 9.17) is 15.2 Å². The third-order valence-electron chi connectivity index (χ3n) is 3.36. The minimum atomic E-state index is -0.798. The number of nitrogen functional groups attached to an aromatic ring is 1. The standard InChI is InChI=1S/C17H21FN2O5/c1-17(2,3)25-16(22)20-5-6-24-9-13(20)11-7-10(15(21)23-4)8-12(18)14(11)19/h7-9H,5-6,19H2,1-4H3. The molecule has 136 valence electrons. The van der Waals surface area contributed by atoms with Crippen LogP contribution in [-0.2, 0) is 14.2 Å². The van der Waals surface area contributed by atoms with Crippen molar-refractivity contribution in [2.24, 2.45) is 0 Å². The number of rotatable bonds is 2. The summed E-state index contributed by atoms with van der Waals surface area (Å²) in [5.74, 6) is -1.52. The molecule has 0 saturated carbocycles. The second-order valence-corrected chi connectivity index (χ2v) is 6.42. The van der Waals surface area contributed by atoms with Gasteiger partial charge in [-0.3, -0.25) is 4.90 Å². The highest BCUT2D eigenvalue weighted by molar-refractivity contribution is 5.93. The summed E-state index contributed by atoms with van der Waals surface area (Å²) in [7, 11) is 1.19. The average Bonchev–Trinajstić information content (AvgIpc) is 2.55. The Kier molecular flexibility index (Phi) is 5.20. The number of hydrogen-bond donors (Lipinski definition) is 1. The highest BCUT2D eigenvalue weighted by Crippen LogP contribution is 2.31. The van der Waals surface area contributed by atoms with Gasteiger partial charge in [-0.05, 0) is 32.9 Å². The Hall–Kier alpha value is -2.77. The quantitative estimate of drug-likeness (QED) is 0.650. The van der Waals surface area contributed by atoms with Gasteiger partial charge in [-0.1, -0.05) is 0 Å². The van der Waals surface area contributed by atoms with E-state index in [2.05, 4.69) is 4.74 Å². The van der Waals surface area contributed by atoms with Gasteiger partial charge in [-0.2, -0.15) is 0 Å². The average molecular weight is 352 g/mol. The van der Waals surface area contributed by atoms with Crippen molar-refractivity contribution in [2.75, 3.05) is 26.0 Å². The molecule has 2 rings (SSSR count). The van der Waals surface area contributed by atoms with Crippen molar-refractivity contribution >= 4 is 23.4 Å². The molecule has 0 atom stereocenters. The fourth-order valence-electron chi connectivity index (χ4n) is 2.25. The fraction of sp³-hybridized carbons (Fsp3) is 0.412. The molecule has 0 saturated heterocycles. The SMILES string of the molecule is COC(=O)c1cc(F)c(N)c(C2=COCCN2C(=O)OC(C)(C)C)c1. The van der Waals surface area contributed by atoms with E-state index < -0.39 is 23.5 Å². The van der Waals surface area contributed by atoms with Gasteiger partial charge in [0.05, 0.1) is 30.6 Å². The van der Waals surface area contributed by atoms with Gasteiger partial charge >= 0.3 is 12.1 Å². The highest BCUT2D eigenvalue weighted by Gasteiger charge is 2.30. The molecule has 8 heteroatoms. The number of carbonyl (C=O) groups is 2. The molecule has 0 radical (unpaired) electrons. The third kappa shape index (κ3) is 4.20. The lowest BCUT2D eigenvalue weighted by atomic mass is 10.0. The topological polar surface area (TPSA) is 91.1 Å². The second kappa shape index (κ2) is 7.00. The third-order valence-corrected chi connectivity index (χ3v) is 3.36. The van der Waals surface area contributed by atoms with E-state index in [9.17, 15) is 14.0 Å². The molecular formula is C17H21FN2O5. The van der Waals surface area contributed by atoms with Crippen LogP contribution in [0.3, 0.4) is 0 Å². The zero-order chi connectivity index (χ0) is 18.8. The summed E-state index contributed by atoms with van der Waals surface area (Å²) < 4.78 is 29.4. The molecule has 0 aliphatic carbocycles. The first-order chi connectivity index (χ1) is 11.6. The maximum Gasteiger partial charge on any atom is 0.415 e. The van der Waals surface area contributed by atoms with E-state index in [-0.39, 0.29) is 35.7 Å². The first-order valence-electron chi connectivity index (χ1n) is 7.64. The van der Waals surface area contributed by atoms with Gasteiger partial charge < -0.3 is 19.9 Å². The Morgan fingerprint density at radius 3 is 2.60 bits per heavy atom. The van der Waals surface area contributed by atoms with Crippen LogP contribution in [0.1, 0.15) is 36.7 Å². The summed E-state index contributed by atoms with van der Waals surface area (Å²) in [4.78, 5) is 25.5. The number of hydrogen-bond acceptors (Lipinski definition) is 6. The minimum absolute atomic E-state index is 0.0280. The van der Waals surface area contributed by atoms with Gasteiger partial charge in [0.25, 0.3) is 0 Å². The molecule has 2 N–H and O–H groups in total. The van der Waals surface area contributed by atoms with Crippen LogP contribution in [0, 0.1) is 5.82 Å². The molecule has 1 aliphatic heterocycles. The van der Waals surface area contributed by atoms with E-state index in [0.29, 0.717) is 0 Å². The normalized spacial score (nSPS) is 14.4. The van der Waals surface area contributed by atoms with Crippen LogP contribution in [0.4, 0.5) is 14.9 Å². The summed E-state index contributed by atoms with van der Waals surface area (Å²) in [5.41, 5.74) is 5.23. The number of carbonyl (C=O) groups excluding carboxylic acids is 2. The van der Waals surface area contributed by atoms with Crippen LogP contribution in [0.2, 0.25) is 0 Å². The molecule has 1 amide bonds. The summed E-state index contributed by atoms with van der Waals surface area (Å²) in [6.45, 7) is 5.66. The van der Waals surface area contributed by atoms with Crippen molar-refractivity contribution in [1.82, 2.24) is 4.90 Å². The number of anilines is 1.